The molecule has 1 saturated heterocycles. The second-order valence-electron chi connectivity index (χ2n) is 3.85. The summed E-state index contributed by atoms with van der Waals surface area (Å²) in [4.78, 5) is 18.2. The maximum atomic E-state index is 9.10. The highest BCUT2D eigenvalue weighted by molar-refractivity contribution is 6.27. The lowest BCUT2D eigenvalue weighted by Crippen LogP contribution is -2.62. The van der Waals surface area contributed by atoms with Gasteiger partial charge in [-0.15, -0.1) is 0 Å². The van der Waals surface area contributed by atoms with Gasteiger partial charge in [-0.25, -0.2) is 9.59 Å². The third-order valence-corrected chi connectivity index (χ3v) is 2.76. The monoisotopic (exact) mass is 216 g/mol. The number of aliphatic carboxylic acids is 2. The Kier molecular flexibility index (Phi) is 4.05. The fourth-order valence-electron chi connectivity index (χ4n) is 1.76. The van der Waals surface area contributed by atoms with Crippen LogP contribution >= 0.6 is 0 Å². The van der Waals surface area contributed by atoms with Crippen molar-refractivity contribution in [1.82, 2.24) is 10.6 Å². The Labute approximate surface area is 87.7 Å². The summed E-state index contributed by atoms with van der Waals surface area (Å²) in [7, 11) is 0. The van der Waals surface area contributed by atoms with Crippen LogP contribution in [-0.4, -0.2) is 47.3 Å². The number of piperazine rings is 1. The van der Waals surface area contributed by atoms with Crippen LogP contribution in [0.2, 0.25) is 0 Å². The summed E-state index contributed by atoms with van der Waals surface area (Å²) in [5.74, 6) is -3.65. The largest absolute Gasteiger partial charge is 0.473 e. The molecular weight excluding hydrogens is 200 g/mol. The van der Waals surface area contributed by atoms with Gasteiger partial charge in [-0.2, -0.15) is 0 Å². The van der Waals surface area contributed by atoms with Crippen LogP contribution in [-0.2, 0) is 9.59 Å². The molecule has 1 saturated carbocycles. The van der Waals surface area contributed by atoms with Crippen LogP contribution in [0.3, 0.4) is 0 Å². The zero-order valence-corrected chi connectivity index (χ0v) is 8.45. The zero-order valence-electron chi connectivity index (χ0n) is 8.45. The van der Waals surface area contributed by atoms with Crippen molar-refractivity contribution in [3.63, 3.8) is 0 Å². The Morgan fingerprint density at radius 2 is 1.67 bits per heavy atom. The minimum absolute atomic E-state index is 0.540. The van der Waals surface area contributed by atoms with E-state index in [1.807, 2.05) is 0 Å². The molecule has 0 unspecified atom stereocenters. The van der Waals surface area contributed by atoms with Crippen LogP contribution in [0, 0.1) is 0 Å². The second kappa shape index (κ2) is 5.09. The Balaban J connectivity index is 0.000000167. The normalized spacial score (nSPS) is 22.1. The Morgan fingerprint density at radius 3 is 1.87 bits per heavy atom. The molecule has 2 aliphatic rings. The third kappa shape index (κ3) is 3.49. The Hall–Kier alpha value is -1.14. The van der Waals surface area contributed by atoms with Crippen LogP contribution in [0.15, 0.2) is 0 Å². The Bertz CT molecular complexity index is 230. The van der Waals surface area contributed by atoms with E-state index in [-0.39, 0.29) is 0 Å². The standard InChI is InChI=1S/C7H14N2.C2H2O4/c1-2-7(3-1)6-8-4-5-9-7;3-1(4)2(5)6/h8-9H,1-6H2;(H,3,4)(H,5,6). The fourth-order valence-corrected chi connectivity index (χ4v) is 1.76. The van der Waals surface area contributed by atoms with Gasteiger partial charge in [0.1, 0.15) is 0 Å². The van der Waals surface area contributed by atoms with E-state index in [0.717, 1.165) is 6.54 Å². The van der Waals surface area contributed by atoms with E-state index < -0.39 is 11.9 Å². The SMILES string of the molecule is C1CC2(C1)CNCCN2.O=C(O)C(=O)O. The molecule has 6 heteroatoms. The molecule has 0 atom stereocenters. The second-order valence-corrected chi connectivity index (χ2v) is 3.85. The summed E-state index contributed by atoms with van der Waals surface area (Å²) >= 11 is 0. The van der Waals surface area contributed by atoms with Crippen LogP contribution in [0.25, 0.3) is 0 Å². The summed E-state index contributed by atoms with van der Waals surface area (Å²) in [5, 5.41) is 21.8. The molecule has 0 aromatic heterocycles. The maximum Gasteiger partial charge on any atom is 0.414 e. The van der Waals surface area contributed by atoms with Crippen molar-refractivity contribution in [3.8, 4) is 0 Å². The van der Waals surface area contributed by atoms with Crippen molar-refractivity contribution in [1.29, 1.82) is 0 Å². The van der Waals surface area contributed by atoms with Gasteiger partial charge >= 0.3 is 11.9 Å². The topological polar surface area (TPSA) is 98.7 Å². The maximum absolute atomic E-state index is 9.10. The van der Waals surface area contributed by atoms with Crippen molar-refractivity contribution < 1.29 is 19.8 Å². The summed E-state index contributed by atoms with van der Waals surface area (Å²) < 4.78 is 0. The molecule has 4 N–H and O–H groups in total. The van der Waals surface area contributed by atoms with Gasteiger partial charge in [0.15, 0.2) is 0 Å². The predicted molar refractivity (Wildman–Crippen MR) is 52.7 cm³/mol. The first-order valence-corrected chi connectivity index (χ1v) is 4.98. The molecule has 0 amide bonds. The number of carboxylic acid groups (broad SMARTS) is 2. The number of hydrogen-bond acceptors (Lipinski definition) is 4. The van der Waals surface area contributed by atoms with Crippen molar-refractivity contribution in [2.24, 2.45) is 0 Å². The third-order valence-electron chi connectivity index (χ3n) is 2.76. The van der Waals surface area contributed by atoms with Crippen molar-refractivity contribution in [2.45, 2.75) is 24.8 Å². The molecule has 1 aliphatic heterocycles. The van der Waals surface area contributed by atoms with Gasteiger partial charge in [0.25, 0.3) is 0 Å². The molecule has 0 bridgehead atoms. The van der Waals surface area contributed by atoms with E-state index in [9.17, 15) is 0 Å². The van der Waals surface area contributed by atoms with E-state index in [2.05, 4.69) is 10.6 Å². The molecule has 86 valence electrons. The molecular formula is C9H16N2O4. The van der Waals surface area contributed by atoms with E-state index in [1.54, 1.807) is 0 Å². The summed E-state index contributed by atoms with van der Waals surface area (Å²) in [6.45, 7) is 3.52. The van der Waals surface area contributed by atoms with E-state index >= 15 is 0 Å². The van der Waals surface area contributed by atoms with Crippen molar-refractivity contribution >= 4 is 11.9 Å². The Morgan fingerprint density at radius 1 is 1.07 bits per heavy atom. The summed E-state index contributed by atoms with van der Waals surface area (Å²) in [5.41, 5.74) is 0.540. The summed E-state index contributed by atoms with van der Waals surface area (Å²) in [6, 6.07) is 0. The average Bonchev–Trinajstić information content (AvgIpc) is 2.17. The smallest absolute Gasteiger partial charge is 0.414 e. The zero-order chi connectivity index (χ0) is 11.3. The molecule has 1 spiro atoms. The average molecular weight is 216 g/mol. The first-order valence-electron chi connectivity index (χ1n) is 4.98. The highest BCUT2D eigenvalue weighted by Gasteiger charge is 2.37. The molecule has 6 nitrogen and oxygen atoms in total. The van der Waals surface area contributed by atoms with Gasteiger partial charge in [0, 0.05) is 25.2 Å². The van der Waals surface area contributed by atoms with Crippen LogP contribution < -0.4 is 10.6 Å². The van der Waals surface area contributed by atoms with Gasteiger partial charge in [0.2, 0.25) is 0 Å². The first-order chi connectivity index (χ1) is 7.06. The van der Waals surface area contributed by atoms with Crippen LogP contribution in [0.5, 0.6) is 0 Å². The number of rotatable bonds is 0. The number of carboxylic acids is 2. The van der Waals surface area contributed by atoms with E-state index in [0.29, 0.717) is 5.54 Å². The lowest BCUT2D eigenvalue weighted by Gasteiger charge is -2.45. The van der Waals surface area contributed by atoms with Crippen molar-refractivity contribution in [2.75, 3.05) is 19.6 Å². The highest BCUT2D eigenvalue weighted by atomic mass is 16.4. The number of carbonyl (C=O) groups is 2. The van der Waals surface area contributed by atoms with Gasteiger partial charge in [-0.1, -0.05) is 0 Å². The highest BCUT2D eigenvalue weighted by Crippen LogP contribution is 2.31. The molecule has 15 heavy (non-hydrogen) atoms. The molecule has 2 rings (SSSR count). The molecule has 0 radical (unpaired) electrons. The first kappa shape index (κ1) is 11.9. The molecule has 1 heterocycles. The van der Waals surface area contributed by atoms with Gasteiger partial charge < -0.3 is 20.8 Å². The lowest BCUT2D eigenvalue weighted by molar-refractivity contribution is -0.159. The van der Waals surface area contributed by atoms with E-state index in [1.165, 1.54) is 32.4 Å². The van der Waals surface area contributed by atoms with E-state index in [4.69, 9.17) is 19.8 Å². The van der Waals surface area contributed by atoms with Gasteiger partial charge in [-0.05, 0) is 19.3 Å². The molecule has 0 aromatic rings. The minimum Gasteiger partial charge on any atom is -0.473 e. The fraction of sp³-hybridized carbons (Fsp3) is 0.778. The lowest BCUT2D eigenvalue weighted by atomic mass is 9.76. The van der Waals surface area contributed by atoms with Gasteiger partial charge in [-0.3, -0.25) is 0 Å². The van der Waals surface area contributed by atoms with Crippen LogP contribution in [0.1, 0.15) is 19.3 Å². The number of nitrogens with one attached hydrogen (secondary N) is 2. The van der Waals surface area contributed by atoms with Crippen molar-refractivity contribution in [3.05, 3.63) is 0 Å². The van der Waals surface area contributed by atoms with Crippen LogP contribution in [0.4, 0.5) is 0 Å². The summed E-state index contributed by atoms with van der Waals surface area (Å²) in [6.07, 6.45) is 4.20. The minimum atomic E-state index is -1.82. The predicted octanol–water partition coefficient (Wildman–Crippen LogP) is -0.742. The number of hydrogen-bond donors (Lipinski definition) is 4. The molecule has 0 aromatic carbocycles. The molecule has 1 aliphatic carbocycles. The quantitative estimate of drug-likeness (QED) is 0.398. The molecule has 2 fully saturated rings. The van der Waals surface area contributed by atoms with Gasteiger partial charge in [0.05, 0.1) is 0 Å².